The molecule has 0 heterocycles. The summed E-state index contributed by atoms with van der Waals surface area (Å²) in [7, 11) is 0. The molecule has 0 aliphatic heterocycles. The van der Waals surface area contributed by atoms with Crippen LogP contribution in [-0.4, -0.2) is 29.2 Å². The van der Waals surface area contributed by atoms with Gasteiger partial charge in [0.25, 0.3) is 5.69 Å². The van der Waals surface area contributed by atoms with Gasteiger partial charge in [-0.2, -0.15) is 13.2 Å². The molecule has 0 atom stereocenters. The monoisotopic (exact) mass is 465 g/mol. The van der Waals surface area contributed by atoms with Crippen molar-refractivity contribution in [1.29, 1.82) is 0 Å². The standard InChI is InChI=1S/C18H12Cl2F3NO6/c19-9-11(25)5-6-29-17(26)13-8-12(2-3-15(13)24(27)28)30-16-4-1-10(7-14(16)20)18(21,22)23/h1-4,7-8H,5-6,9H2. The van der Waals surface area contributed by atoms with Crippen molar-refractivity contribution in [3.63, 3.8) is 0 Å². The summed E-state index contributed by atoms with van der Waals surface area (Å²) in [4.78, 5) is 33.7. The number of nitrogens with zero attached hydrogens (tertiary/aromatic N) is 1. The third-order valence-corrected chi connectivity index (χ3v) is 4.23. The van der Waals surface area contributed by atoms with Crippen molar-refractivity contribution in [2.24, 2.45) is 0 Å². The van der Waals surface area contributed by atoms with Gasteiger partial charge in [0, 0.05) is 18.6 Å². The largest absolute Gasteiger partial charge is 0.461 e. The van der Waals surface area contributed by atoms with E-state index in [2.05, 4.69) is 0 Å². The molecule has 0 bridgehead atoms. The zero-order valence-corrected chi connectivity index (χ0v) is 16.4. The second kappa shape index (κ2) is 9.77. The molecule has 0 saturated heterocycles. The van der Waals surface area contributed by atoms with Crippen molar-refractivity contribution in [1.82, 2.24) is 0 Å². The number of benzene rings is 2. The van der Waals surface area contributed by atoms with E-state index in [1.54, 1.807) is 0 Å². The molecule has 2 rings (SSSR count). The Morgan fingerprint density at radius 2 is 1.83 bits per heavy atom. The number of nitro groups is 1. The van der Waals surface area contributed by atoms with E-state index in [0.29, 0.717) is 6.07 Å². The molecule has 0 saturated carbocycles. The summed E-state index contributed by atoms with van der Waals surface area (Å²) in [6.45, 7) is -0.336. The highest BCUT2D eigenvalue weighted by Gasteiger charge is 2.31. The number of carbonyl (C=O) groups excluding carboxylic acids is 2. The predicted molar refractivity (Wildman–Crippen MR) is 100 cm³/mol. The van der Waals surface area contributed by atoms with E-state index in [1.165, 1.54) is 0 Å². The minimum Gasteiger partial charge on any atom is -0.461 e. The SMILES string of the molecule is O=C(CCl)CCOC(=O)c1cc(Oc2ccc(C(F)(F)F)cc2Cl)ccc1[N+](=O)[O-]. The van der Waals surface area contributed by atoms with Crippen molar-refractivity contribution in [2.75, 3.05) is 12.5 Å². The van der Waals surface area contributed by atoms with Crippen LogP contribution in [0.4, 0.5) is 18.9 Å². The molecule has 0 unspecified atom stereocenters. The smallest absolute Gasteiger partial charge is 0.416 e. The number of halogens is 5. The molecule has 0 N–H and O–H groups in total. The van der Waals surface area contributed by atoms with Crippen molar-refractivity contribution in [3.8, 4) is 11.5 Å². The van der Waals surface area contributed by atoms with Crippen LogP contribution in [0, 0.1) is 10.1 Å². The Bertz CT molecular complexity index is 981. The Balaban J connectivity index is 2.26. The molecule has 12 heteroatoms. The number of hydrogen-bond donors (Lipinski definition) is 0. The summed E-state index contributed by atoms with van der Waals surface area (Å²) in [6.07, 6.45) is -4.77. The Morgan fingerprint density at radius 3 is 2.40 bits per heavy atom. The molecule has 0 spiro atoms. The number of ketones is 1. The van der Waals surface area contributed by atoms with Crippen LogP contribution in [0.1, 0.15) is 22.3 Å². The first kappa shape index (κ1) is 23.4. The lowest BCUT2D eigenvalue weighted by atomic mass is 10.1. The van der Waals surface area contributed by atoms with Crippen LogP contribution in [0.2, 0.25) is 5.02 Å². The zero-order chi connectivity index (χ0) is 22.5. The van der Waals surface area contributed by atoms with E-state index < -0.39 is 33.9 Å². The average molecular weight is 466 g/mol. The van der Waals surface area contributed by atoms with E-state index in [0.717, 1.165) is 30.3 Å². The molecule has 160 valence electrons. The highest BCUT2D eigenvalue weighted by Crippen LogP contribution is 2.37. The van der Waals surface area contributed by atoms with Gasteiger partial charge >= 0.3 is 12.1 Å². The van der Waals surface area contributed by atoms with Gasteiger partial charge < -0.3 is 9.47 Å². The number of esters is 1. The van der Waals surface area contributed by atoms with Gasteiger partial charge in [0.1, 0.15) is 17.1 Å². The van der Waals surface area contributed by atoms with Crippen molar-refractivity contribution in [2.45, 2.75) is 12.6 Å². The van der Waals surface area contributed by atoms with Crippen LogP contribution in [0.3, 0.4) is 0 Å². The molecule has 0 aromatic heterocycles. The van der Waals surface area contributed by atoms with Crippen LogP contribution in [0.25, 0.3) is 0 Å². The van der Waals surface area contributed by atoms with E-state index in [-0.39, 0.29) is 41.2 Å². The van der Waals surface area contributed by atoms with Gasteiger partial charge in [-0.15, -0.1) is 11.6 Å². The predicted octanol–water partition coefficient (Wildman–Crippen LogP) is 5.41. The first-order chi connectivity index (χ1) is 14.0. The summed E-state index contributed by atoms with van der Waals surface area (Å²) >= 11 is 11.1. The van der Waals surface area contributed by atoms with Gasteiger partial charge in [0.2, 0.25) is 0 Å². The van der Waals surface area contributed by atoms with Crippen LogP contribution < -0.4 is 4.74 Å². The lowest BCUT2D eigenvalue weighted by molar-refractivity contribution is -0.385. The van der Waals surface area contributed by atoms with E-state index in [1.807, 2.05) is 0 Å². The summed E-state index contributed by atoms with van der Waals surface area (Å²) in [6, 6.07) is 5.47. The fourth-order valence-electron chi connectivity index (χ4n) is 2.19. The van der Waals surface area contributed by atoms with Gasteiger partial charge in [0.15, 0.2) is 5.78 Å². The van der Waals surface area contributed by atoms with Crippen LogP contribution in [-0.2, 0) is 15.7 Å². The molecule has 0 aliphatic rings. The second-order valence-electron chi connectivity index (χ2n) is 5.74. The number of alkyl halides is 4. The van der Waals surface area contributed by atoms with Crippen LogP contribution in [0.5, 0.6) is 11.5 Å². The maximum atomic E-state index is 12.7. The number of nitro benzene ring substituents is 1. The highest BCUT2D eigenvalue weighted by molar-refractivity contribution is 6.32. The molecular formula is C18H12Cl2F3NO6. The first-order valence-corrected chi connectivity index (χ1v) is 9.02. The minimum atomic E-state index is -4.60. The molecule has 0 radical (unpaired) electrons. The molecule has 0 fully saturated rings. The van der Waals surface area contributed by atoms with Crippen LogP contribution in [0.15, 0.2) is 36.4 Å². The molecule has 2 aromatic rings. The van der Waals surface area contributed by atoms with Crippen molar-refractivity contribution >= 4 is 40.6 Å². The number of rotatable bonds is 8. The van der Waals surface area contributed by atoms with Gasteiger partial charge in [-0.3, -0.25) is 14.9 Å². The van der Waals surface area contributed by atoms with Gasteiger partial charge in [-0.25, -0.2) is 4.79 Å². The Kier molecular flexibility index (Phi) is 7.63. The normalized spacial score (nSPS) is 11.1. The third kappa shape index (κ3) is 6.07. The molecule has 0 aliphatic carbocycles. The molecule has 7 nitrogen and oxygen atoms in total. The maximum Gasteiger partial charge on any atom is 0.416 e. The summed E-state index contributed by atoms with van der Waals surface area (Å²) in [5.74, 6) is -2.01. The summed E-state index contributed by atoms with van der Waals surface area (Å²) in [5.41, 5.74) is -2.05. The van der Waals surface area contributed by atoms with Crippen LogP contribution >= 0.6 is 23.2 Å². The van der Waals surface area contributed by atoms with Crippen molar-refractivity contribution < 1.29 is 37.2 Å². The number of hydrogen-bond acceptors (Lipinski definition) is 6. The fourth-order valence-corrected chi connectivity index (χ4v) is 2.54. The lowest BCUT2D eigenvalue weighted by Crippen LogP contribution is -2.12. The third-order valence-electron chi connectivity index (χ3n) is 3.63. The van der Waals surface area contributed by atoms with E-state index in [9.17, 15) is 32.9 Å². The van der Waals surface area contributed by atoms with Gasteiger partial charge in [0.05, 0.1) is 28.0 Å². The number of carbonyl (C=O) groups is 2. The Hall–Kier alpha value is -2.85. The van der Waals surface area contributed by atoms with Gasteiger partial charge in [-0.1, -0.05) is 11.6 Å². The molecule has 30 heavy (non-hydrogen) atoms. The Labute approximate surface area is 177 Å². The van der Waals surface area contributed by atoms with E-state index in [4.69, 9.17) is 32.7 Å². The maximum absolute atomic E-state index is 12.7. The summed E-state index contributed by atoms with van der Waals surface area (Å²) < 4.78 is 48.4. The molecule has 2 aromatic carbocycles. The quantitative estimate of drug-likeness (QED) is 0.223. The zero-order valence-electron chi connectivity index (χ0n) is 14.9. The first-order valence-electron chi connectivity index (χ1n) is 8.10. The van der Waals surface area contributed by atoms with Gasteiger partial charge in [-0.05, 0) is 24.3 Å². The number of Topliss-reactive ketones (excluding diaryl/α,β-unsaturated/α-hetero) is 1. The molecular weight excluding hydrogens is 454 g/mol. The van der Waals surface area contributed by atoms with Crippen molar-refractivity contribution in [3.05, 3.63) is 62.7 Å². The average Bonchev–Trinajstić information content (AvgIpc) is 2.68. The van der Waals surface area contributed by atoms with E-state index >= 15 is 0 Å². The fraction of sp³-hybridized carbons (Fsp3) is 0.222. The topological polar surface area (TPSA) is 95.7 Å². The second-order valence-corrected chi connectivity index (χ2v) is 6.41. The minimum absolute atomic E-state index is 0.106. The Morgan fingerprint density at radius 1 is 1.13 bits per heavy atom. The lowest BCUT2D eigenvalue weighted by Gasteiger charge is -2.12. The summed E-state index contributed by atoms with van der Waals surface area (Å²) in [5, 5.41) is 10.8. The highest BCUT2D eigenvalue weighted by atomic mass is 35.5. The molecule has 0 amide bonds. The number of ether oxygens (including phenoxy) is 2.